The minimum absolute atomic E-state index is 0.279. The summed E-state index contributed by atoms with van der Waals surface area (Å²) in [6.45, 7) is 0. The summed E-state index contributed by atoms with van der Waals surface area (Å²) < 4.78 is 0. The Bertz CT molecular complexity index is 354. The molecule has 0 saturated heterocycles. The van der Waals surface area contributed by atoms with E-state index >= 15 is 0 Å². The zero-order chi connectivity index (χ0) is 8.13. The average Bonchev–Trinajstić information content (AvgIpc) is 2.35. The lowest BCUT2D eigenvalue weighted by Crippen LogP contribution is -2.31. The monoisotopic (exact) mass is 158 g/mol. The van der Waals surface area contributed by atoms with Gasteiger partial charge in [-0.2, -0.15) is 0 Å². The van der Waals surface area contributed by atoms with E-state index in [4.69, 9.17) is 0 Å². The number of rotatable bonds is 0. The highest BCUT2D eigenvalue weighted by atomic mass is 16.1. The van der Waals surface area contributed by atoms with Crippen LogP contribution in [0.2, 0.25) is 0 Å². The van der Waals surface area contributed by atoms with Crippen molar-refractivity contribution in [1.29, 1.82) is 0 Å². The number of benzene rings is 1. The third kappa shape index (κ3) is 0.619. The lowest BCUT2D eigenvalue weighted by Gasteiger charge is -2.28. The standard InChI is InChI=1S/C11H10O/c12-10-6-8-5-7-3-1-2-4-9(7)11(8)10/h1-4,8,11H,5-6H2/t8-,11-/m0/s1. The summed E-state index contributed by atoms with van der Waals surface area (Å²) in [6, 6.07) is 8.36. The van der Waals surface area contributed by atoms with Gasteiger partial charge in [-0.05, 0) is 23.5 Å². The SMILES string of the molecule is O=C1C[C@@H]2Cc3ccccc3[C@@H]12. The first-order chi connectivity index (χ1) is 5.86. The van der Waals surface area contributed by atoms with E-state index in [1.54, 1.807) is 0 Å². The minimum atomic E-state index is 0.279. The molecule has 1 aromatic carbocycles. The van der Waals surface area contributed by atoms with Crippen molar-refractivity contribution in [2.45, 2.75) is 18.8 Å². The molecule has 1 nitrogen and oxygen atoms in total. The molecule has 0 bridgehead atoms. The van der Waals surface area contributed by atoms with Crippen molar-refractivity contribution < 1.29 is 4.79 Å². The van der Waals surface area contributed by atoms with Gasteiger partial charge in [0.15, 0.2) is 0 Å². The van der Waals surface area contributed by atoms with Gasteiger partial charge in [-0.25, -0.2) is 0 Å². The fourth-order valence-corrected chi connectivity index (χ4v) is 2.53. The quantitative estimate of drug-likeness (QED) is 0.563. The first kappa shape index (κ1) is 6.41. The molecular formula is C11H10O. The third-order valence-electron chi connectivity index (χ3n) is 3.15. The summed E-state index contributed by atoms with van der Waals surface area (Å²) in [4.78, 5) is 11.3. The van der Waals surface area contributed by atoms with Gasteiger partial charge in [0, 0.05) is 12.3 Å². The minimum Gasteiger partial charge on any atom is -0.299 e. The maximum Gasteiger partial charge on any atom is 0.140 e. The second-order valence-electron chi connectivity index (χ2n) is 3.81. The molecule has 0 unspecified atom stereocenters. The van der Waals surface area contributed by atoms with E-state index in [2.05, 4.69) is 18.2 Å². The summed E-state index contributed by atoms with van der Waals surface area (Å²) in [5.41, 5.74) is 2.71. The molecule has 1 saturated carbocycles. The van der Waals surface area contributed by atoms with Gasteiger partial charge in [0.25, 0.3) is 0 Å². The van der Waals surface area contributed by atoms with Gasteiger partial charge in [0.1, 0.15) is 5.78 Å². The summed E-state index contributed by atoms with van der Waals surface area (Å²) in [7, 11) is 0. The highest BCUT2D eigenvalue weighted by molar-refractivity contribution is 5.93. The molecule has 2 aliphatic rings. The number of hydrogen-bond acceptors (Lipinski definition) is 1. The lowest BCUT2D eigenvalue weighted by molar-refractivity contribution is -0.128. The van der Waals surface area contributed by atoms with E-state index in [9.17, 15) is 4.79 Å². The Morgan fingerprint density at radius 3 is 2.83 bits per heavy atom. The molecule has 1 fully saturated rings. The van der Waals surface area contributed by atoms with Gasteiger partial charge < -0.3 is 0 Å². The maximum atomic E-state index is 11.3. The van der Waals surface area contributed by atoms with Crippen molar-refractivity contribution in [2.75, 3.05) is 0 Å². The number of carbonyl (C=O) groups is 1. The summed E-state index contributed by atoms with van der Waals surface area (Å²) in [5.74, 6) is 1.38. The number of fused-ring (bicyclic) bond motifs is 3. The molecule has 0 spiro atoms. The van der Waals surface area contributed by atoms with E-state index in [1.165, 1.54) is 11.1 Å². The normalized spacial score (nSPS) is 30.8. The van der Waals surface area contributed by atoms with Crippen LogP contribution in [-0.2, 0) is 11.2 Å². The molecule has 2 atom stereocenters. The van der Waals surface area contributed by atoms with Gasteiger partial charge in [-0.1, -0.05) is 24.3 Å². The molecule has 60 valence electrons. The average molecular weight is 158 g/mol. The van der Waals surface area contributed by atoms with Crippen molar-refractivity contribution in [2.24, 2.45) is 5.92 Å². The number of Topliss-reactive ketones (excluding diaryl/α,β-unsaturated/α-hetero) is 1. The van der Waals surface area contributed by atoms with Gasteiger partial charge in [-0.3, -0.25) is 4.79 Å². The smallest absolute Gasteiger partial charge is 0.140 e. The van der Waals surface area contributed by atoms with Crippen LogP contribution in [0, 0.1) is 5.92 Å². The van der Waals surface area contributed by atoms with Crippen molar-refractivity contribution in [3.63, 3.8) is 0 Å². The fraction of sp³-hybridized carbons (Fsp3) is 0.364. The molecule has 0 N–H and O–H groups in total. The Hall–Kier alpha value is -1.11. The van der Waals surface area contributed by atoms with Gasteiger partial charge in [0.2, 0.25) is 0 Å². The first-order valence-electron chi connectivity index (χ1n) is 4.47. The van der Waals surface area contributed by atoms with Crippen molar-refractivity contribution in [1.82, 2.24) is 0 Å². The summed E-state index contributed by atoms with van der Waals surface area (Å²) in [5, 5.41) is 0. The molecule has 0 aromatic heterocycles. The predicted octanol–water partition coefficient (Wildman–Crippen LogP) is 1.92. The van der Waals surface area contributed by atoms with Gasteiger partial charge >= 0.3 is 0 Å². The van der Waals surface area contributed by atoms with Crippen LogP contribution in [0.15, 0.2) is 24.3 Å². The molecule has 1 aromatic rings. The highest BCUT2D eigenvalue weighted by Crippen LogP contribution is 2.48. The van der Waals surface area contributed by atoms with Crippen molar-refractivity contribution >= 4 is 5.78 Å². The van der Waals surface area contributed by atoms with Crippen molar-refractivity contribution in [3.05, 3.63) is 35.4 Å². The Morgan fingerprint density at radius 1 is 1.17 bits per heavy atom. The van der Waals surface area contributed by atoms with E-state index in [0.29, 0.717) is 11.7 Å². The fourth-order valence-electron chi connectivity index (χ4n) is 2.53. The van der Waals surface area contributed by atoms with Gasteiger partial charge in [0.05, 0.1) is 0 Å². The Balaban J connectivity index is 2.14. The van der Waals surface area contributed by atoms with Crippen LogP contribution in [0.5, 0.6) is 0 Å². The molecule has 1 heteroatoms. The van der Waals surface area contributed by atoms with E-state index in [1.807, 2.05) is 6.07 Å². The second kappa shape index (κ2) is 1.98. The summed E-state index contributed by atoms with van der Waals surface area (Å²) in [6.07, 6.45) is 1.95. The van der Waals surface area contributed by atoms with Crippen LogP contribution in [0.3, 0.4) is 0 Å². The highest BCUT2D eigenvalue weighted by Gasteiger charge is 2.45. The van der Waals surface area contributed by atoms with Crippen LogP contribution in [-0.4, -0.2) is 5.78 Å². The van der Waals surface area contributed by atoms with Crippen LogP contribution >= 0.6 is 0 Å². The van der Waals surface area contributed by atoms with E-state index in [-0.39, 0.29) is 5.92 Å². The largest absolute Gasteiger partial charge is 0.299 e. The molecule has 0 radical (unpaired) electrons. The van der Waals surface area contributed by atoms with Crippen molar-refractivity contribution in [3.8, 4) is 0 Å². The summed E-state index contributed by atoms with van der Waals surface area (Å²) >= 11 is 0. The second-order valence-corrected chi connectivity index (χ2v) is 3.81. The molecule has 3 rings (SSSR count). The number of hydrogen-bond donors (Lipinski definition) is 0. The van der Waals surface area contributed by atoms with Crippen LogP contribution in [0.4, 0.5) is 0 Å². The van der Waals surface area contributed by atoms with E-state index in [0.717, 1.165) is 12.8 Å². The lowest BCUT2D eigenvalue weighted by atomic mass is 9.73. The number of carbonyl (C=O) groups excluding carboxylic acids is 1. The zero-order valence-corrected chi connectivity index (χ0v) is 6.79. The Morgan fingerprint density at radius 2 is 2.00 bits per heavy atom. The van der Waals surface area contributed by atoms with Gasteiger partial charge in [-0.15, -0.1) is 0 Å². The molecule has 2 aliphatic carbocycles. The van der Waals surface area contributed by atoms with E-state index < -0.39 is 0 Å². The molecular weight excluding hydrogens is 148 g/mol. The predicted molar refractivity (Wildman–Crippen MR) is 46.0 cm³/mol. The molecule has 0 heterocycles. The van der Waals surface area contributed by atoms with Crippen LogP contribution < -0.4 is 0 Å². The zero-order valence-electron chi connectivity index (χ0n) is 6.79. The molecule has 12 heavy (non-hydrogen) atoms. The number of ketones is 1. The first-order valence-corrected chi connectivity index (χ1v) is 4.47. The molecule has 0 amide bonds. The Kier molecular flexibility index (Phi) is 1.06. The van der Waals surface area contributed by atoms with Crippen LogP contribution in [0.1, 0.15) is 23.5 Å². The third-order valence-corrected chi connectivity index (χ3v) is 3.15. The van der Waals surface area contributed by atoms with Crippen LogP contribution in [0.25, 0.3) is 0 Å². The molecule has 0 aliphatic heterocycles. The Labute approximate surface area is 71.4 Å². The topological polar surface area (TPSA) is 17.1 Å². The maximum absolute atomic E-state index is 11.3.